The molecule has 0 aromatic rings. The highest BCUT2D eigenvalue weighted by Gasteiger charge is 2.42. The van der Waals surface area contributed by atoms with E-state index in [1.165, 1.54) is 6.34 Å². The lowest BCUT2D eigenvalue weighted by atomic mass is 10.2. The van der Waals surface area contributed by atoms with Gasteiger partial charge in [-0.1, -0.05) is 0 Å². The van der Waals surface area contributed by atoms with Gasteiger partial charge in [0.25, 0.3) is 5.91 Å². The third-order valence-corrected chi connectivity index (χ3v) is 3.27. The molecular formula is C10H14N4O3. The summed E-state index contributed by atoms with van der Waals surface area (Å²) in [6.45, 7) is 0.0271. The van der Waals surface area contributed by atoms with Crippen molar-refractivity contribution < 1.29 is 14.6 Å². The van der Waals surface area contributed by atoms with Crippen molar-refractivity contribution in [1.82, 2.24) is 10.2 Å². The minimum absolute atomic E-state index is 0.0271. The molecule has 0 bridgehead atoms. The second kappa shape index (κ2) is 4.08. The van der Waals surface area contributed by atoms with Crippen LogP contribution in [0, 0.1) is 0 Å². The number of nitrogens with zero attached hydrogens (tertiary/aromatic N) is 3. The first-order chi connectivity index (χ1) is 8.29. The van der Waals surface area contributed by atoms with E-state index in [-0.39, 0.29) is 31.0 Å². The number of hydrogen-bond donors (Lipinski definition) is 2. The van der Waals surface area contributed by atoms with E-state index in [2.05, 4.69) is 15.3 Å². The van der Waals surface area contributed by atoms with Crippen molar-refractivity contribution in [2.45, 2.75) is 37.4 Å². The number of amides is 1. The number of aliphatic hydroxyl groups is 1. The predicted molar refractivity (Wildman–Crippen MR) is 59.5 cm³/mol. The van der Waals surface area contributed by atoms with Crippen LogP contribution in [0.2, 0.25) is 0 Å². The maximum absolute atomic E-state index is 11.5. The number of fused-ring (bicyclic) bond motifs is 1. The molecule has 0 aliphatic carbocycles. The van der Waals surface area contributed by atoms with E-state index in [1.807, 2.05) is 4.90 Å². The SMILES string of the molecule is O=C1NC=NC2C1N=CN2[C@H]1CC[C@@H](CO)O1. The quantitative estimate of drug-likeness (QED) is 0.624. The maximum Gasteiger partial charge on any atom is 0.254 e. The molecule has 0 aromatic heterocycles. The van der Waals surface area contributed by atoms with Gasteiger partial charge in [0.15, 0.2) is 12.2 Å². The largest absolute Gasteiger partial charge is 0.394 e. The van der Waals surface area contributed by atoms with Crippen molar-refractivity contribution in [3.8, 4) is 0 Å². The highest BCUT2D eigenvalue weighted by Crippen LogP contribution is 2.28. The third kappa shape index (κ3) is 1.71. The van der Waals surface area contributed by atoms with Crippen LogP contribution in [0.1, 0.15) is 12.8 Å². The minimum atomic E-state index is -0.475. The average molecular weight is 238 g/mol. The van der Waals surface area contributed by atoms with Gasteiger partial charge in [0.2, 0.25) is 0 Å². The Balaban J connectivity index is 1.73. The number of carbonyl (C=O) groups is 1. The van der Waals surface area contributed by atoms with Crippen LogP contribution in [0.4, 0.5) is 0 Å². The van der Waals surface area contributed by atoms with Crippen molar-refractivity contribution in [1.29, 1.82) is 0 Å². The fraction of sp³-hybridized carbons (Fsp3) is 0.700. The Morgan fingerprint density at radius 1 is 1.53 bits per heavy atom. The number of hydrogen-bond acceptors (Lipinski definition) is 6. The Bertz CT molecular complexity index is 384. The van der Waals surface area contributed by atoms with Gasteiger partial charge in [-0.15, -0.1) is 0 Å². The standard InChI is InChI=1S/C10H14N4O3/c15-3-6-1-2-7(17-6)14-5-13-8-9(14)11-4-12-10(8)16/h4-9,15H,1-3H2,(H,11,12,16)/t6-,7+,8?,9?/m0/s1. The normalized spacial score (nSPS) is 39.6. The second-order valence-corrected chi connectivity index (χ2v) is 4.33. The van der Waals surface area contributed by atoms with Crippen LogP contribution < -0.4 is 5.32 Å². The number of ether oxygens (including phenoxy) is 1. The monoisotopic (exact) mass is 238 g/mol. The fourth-order valence-corrected chi connectivity index (χ4v) is 2.37. The molecule has 7 heteroatoms. The van der Waals surface area contributed by atoms with Crippen LogP contribution in [0.25, 0.3) is 0 Å². The van der Waals surface area contributed by atoms with Crippen molar-refractivity contribution in [3.63, 3.8) is 0 Å². The van der Waals surface area contributed by atoms with Crippen LogP contribution in [0.3, 0.4) is 0 Å². The van der Waals surface area contributed by atoms with E-state index in [0.717, 1.165) is 12.8 Å². The zero-order valence-electron chi connectivity index (χ0n) is 9.19. The van der Waals surface area contributed by atoms with Crippen LogP contribution in [0.15, 0.2) is 9.98 Å². The maximum atomic E-state index is 11.5. The lowest BCUT2D eigenvalue weighted by Gasteiger charge is -2.30. The van der Waals surface area contributed by atoms with Gasteiger partial charge < -0.3 is 20.1 Å². The first-order valence-corrected chi connectivity index (χ1v) is 5.68. The Morgan fingerprint density at radius 2 is 2.41 bits per heavy atom. The summed E-state index contributed by atoms with van der Waals surface area (Å²) in [5, 5.41) is 11.6. The number of rotatable bonds is 2. The molecule has 1 fully saturated rings. The highest BCUT2D eigenvalue weighted by molar-refractivity contribution is 5.96. The fourth-order valence-electron chi connectivity index (χ4n) is 2.37. The van der Waals surface area contributed by atoms with Gasteiger partial charge in [-0.05, 0) is 12.8 Å². The molecule has 0 spiro atoms. The van der Waals surface area contributed by atoms with Crippen LogP contribution >= 0.6 is 0 Å². The van der Waals surface area contributed by atoms with Gasteiger partial charge in [-0.25, -0.2) is 4.99 Å². The molecule has 3 aliphatic rings. The van der Waals surface area contributed by atoms with E-state index in [1.54, 1.807) is 6.34 Å². The first kappa shape index (κ1) is 10.7. The van der Waals surface area contributed by atoms with Crippen LogP contribution in [-0.2, 0) is 9.53 Å². The Hall–Kier alpha value is -1.47. The molecule has 4 atom stereocenters. The first-order valence-electron chi connectivity index (χ1n) is 5.68. The predicted octanol–water partition coefficient (Wildman–Crippen LogP) is -1.32. The minimum Gasteiger partial charge on any atom is -0.394 e. The van der Waals surface area contributed by atoms with E-state index in [0.29, 0.717) is 0 Å². The highest BCUT2D eigenvalue weighted by atomic mass is 16.5. The summed E-state index contributed by atoms with van der Waals surface area (Å²) in [6, 6.07) is -0.475. The molecular weight excluding hydrogens is 224 g/mol. The number of nitrogens with one attached hydrogen (secondary N) is 1. The van der Waals surface area contributed by atoms with Crippen LogP contribution in [-0.4, -0.2) is 59.7 Å². The molecule has 7 nitrogen and oxygen atoms in total. The van der Waals surface area contributed by atoms with Gasteiger partial charge in [-0.3, -0.25) is 9.79 Å². The summed E-state index contributed by atoms with van der Waals surface area (Å²) >= 11 is 0. The molecule has 1 amide bonds. The Morgan fingerprint density at radius 3 is 3.18 bits per heavy atom. The van der Waals surface area contributed by atoms with Crippen molar-refractivity contribution in [2.24, 2.45) is 9.98 Å². The van der Waals surface area contributed by atoms with Gasteiger partial charge in [-0.2, -0.15) is 0 Å². The van der Waals surface area contributed by atoms with Crippen molar-refractivity contribution in [3.05, 3.63) is 0 Å². The number of carbonyl (C=O) groups excluding carboxylic acids is 1. The molecule has 3 aliphatic heterocycles. The van der Waals surface area contributed by atoms with Gasteiger partial charge in [0, 0.05) is 0 Å². The second-order valence-electron chi connectivity index (χ2n) is 4.33. The Labute approximate surface area is 98.2 Å². The van der Waals surface area contributed by atoms with Crippen LogP contribution in [0.5, 0.6) is 0 Å². The average Bonchev–Trinajstić information content (AvgIpc) is 2.94. The number of aliphatic hydroxyl groups excluding tert-OH is 1. The molecule has 92 valence electrons. The van der Waals surface area contributed by atoms with Crippen molar-refractivity contribution >= 4 is 18.6 Å². The van der Waals surface area contributed by atoms with E-state index in [9.17, 15) is 4.79 Å². The molecule has 2 unspecified atom stereocenters. The Kier molecular flexibility index (Phi) is 2.56. The van der Waals surface area contributed by atoms with Gasteiger partial charge in [0.05, 0.1) is 25.4 Å². The van der Waals surface area contributed by atoms with E-state index in [4.69, 9.17) is 9.84 Å². The summed E-state index contributed by atoms with van der Waals surface area (Å²) < 4.78 is 5.66. The zero-order chi connectivity index (χ0) is 11.8. The third-order valence-electron chi connectivity index (χ3n) is 3.27. The zero-order valence-corrected chi connectivity index (χ0v) is 9.19. The molecule has 3 rings (SSSR count). The molecule has 0 aromatic carbocycles. The molecule has 2 N–H and O–H groups in total. The molecule has 0 saturated carbocycles. The van der Waals surface area contributed by atoms with E-state index >= 15 is 0 Å². The molecule has 3 heterocycles. The van der Waals surface area contributed by atoms with Crippen molar-refractivity contribution in [2.75, 3.05) is 6.61 Å². The summed E-state index contributed by atoms with van der Waals surface area (Å²) in [6.07, 6.45) is 4.11. The summed E-state index contributed by atoms with van der Waals surface area (Å²) in [5.74, 6) is -0.138. The molecule has 17 heavy (non-hydrogen) atoms. The number of aliphatic imine (C=N–C) groups is 2. The van der Waals surface area contributed by atoms with Gasteiger partial charge in [0.1, 0.15) is 6.23 Å². The summed E-state index contributed by atoms with van der Waals surface area (Å²) in [7, 11) is 0. The topological polar surface area (TPSA) is 86.5 Å². The summed E-state index contributed by atoms with van der Waals surface area (Å²) in [4.78, 5) is 21.8. The van der Waals surface area contributed by atoms with E-state index < -0.39 is 6.04 Å². The smallest absolute Gasteiger partial charge is 0.254 e. The molecule has 0 radical (unpaired) electrons. The lowest BCUT2D eigenvalue weighted by molar-refractivity contribution is -0.123. The summed E-state index contributed by atoms with van der Waals surface area (Å²) in [5.41, 5.74) is 0. The van der Waals surface area contributed by atoms with Gasteiger partial charge >= 0.3 is 0 Å². The molecule has 1 saturated heterocycles. The lowest BCUT2D eigenvalue weighted by Crippen LogP contribution is -2.50.